The number of aryl methyl sites for hydroxylation is 2. The molecule has 1 saturated heterocycles. The third kappa shape index (κ3) is 5.42. The second-order valence-electron chi connectivity index (χ2n) is 8.67. The lowest BCUT2D eigenvalue weighted by Crippen LogP contribution is -2.49. The summed E-state index contributed by atoms with van der Waals surface area (Å²) in [7, 11) is -3.19. The number of aromatic nitrogens is 2. The van der Waals surface area contributed by atoms with Gasteiger partial charge in [0.2, 0.25) is 10.0 Å². The maximum Gasteiger partial charge on any atom is 0.214 e. The Kier molecular flexibility index (Phi) is 7.10. The first kappa shape index (κ1) is 23.4. The van der Waals surface area contributed by atoms with E-state index in [1.807, 2.05) is 44.2 Å². The van der Waals surface area contributed by atoms with E-state index in [1.165, 1.54) is 11.1 Å². The van der Waals surface area contributed by atoms with Crippen molar-refractivity contribution in [3.8, 4) is 11.4 Å². The van der Waals surface area contributed by atoms with Crippen molar-refractivity contribution in [2.24, 2.45) is 0 Å². The van der Waals surface area contributed by atoms with Gasteiger partial charge in [0, 0.05) is 49.4 Å². The molecule has 4 rings (SSSR count). The van der Waals surface area contributed by atoms with E-state index in [4.69, 9.17) is 9.97 Å². The van der Waals surface area contributed by atoms with Gasteiger partial charge in [-0.1, -0.05) is 67.1 Å². The fourth-order valence-corrected chi connectivity index (χ4v) is 5.73. The highest BCUT2D eigenvalue weighted by molar-refractivity contribution is 7.89. The van der Waals surface area contributed by atoms with Gasteiger partial charge < -0.3 is 4.90 Å². The average Bonchev–Trinajstić information content (AvgIpc) is 2.82. The lowest BCUT2D eigenvalue weighted by molar-refractivity contribution is 0.383. The normalized spacial score (nSPS) is 15.1. The molecule has 0 saturated carbocycles. The van der Waals surface area contributed by atoms with Gasteiger partial charge in [-0.3, -0.25) is 0 Å². The van der Waals surface area contributed by atoms with Gasteiger partial charge in [0.1, 0.15) is 5.82 Å². The molecule has 174 valence electrons. The first-order chi connectivity index (χ1) is 15.9. The summed E-state index contributed by atoms with van der Waals surface area (Å²) in [6.45, 7) is 8.24. The lowest BCUT2D eigenvalue weighted by atomic mass is 10.0. The molecular formula is C26H32N4O2S. The van der Waals surface area contributed by atoms with Crippen LogP contribution in [0.4, 0.5) is 5.82 Å². The van der Waals surface area contributed by atoms with Crippen molar-refractivity contribution in [1.29, 1.82) is 0 Å². The Hall–Kier alpha value is -2.77. The van der Waals surface area contributed by atoms with Gasteiger partial charge in [-0.15, -0.1) is 0 Å². The van der Waals surface area contributed by atoms with Crippen LogP contribution < -0.4 is 4.90 Å². The van der Waals surface area contributed by atoms with Crippen molar-refractivity contribution >= 4 is 15.8 Å². The number of hydrogen-bond donors (Lipinski definition) is 0. The van der Waals surface area contributed by atoms with Crippen LogP contribution in [0.2, 0.25) is 0 Å². The fourth-order valence-electron chi connectivity index (χ4n) is 4.24. The molecule has 0 atom stereocenters. The average molecular weight is 465 g/mol. The molecular weight excluding hydrogens is 432 g/mol. The van der Waals surface area contributed by atoms with Crippen LogP contribution in [0.1, 0.15) is 35.7 Å². The van der Waals surface area contributed by atoms with E-state index in [0.717, 1.165) is 29.1 Å². The standard InChI is InChI=1S/C26H32N4O2S/c1-4-18-33(31,32)30-16-14-29(15-17-30)26-24(19-22-12-10-20(2)11-13-22)21(3)27-25(28-26)23-8-6-5-7-9-23/h5-13H,4,14-19H2,1-3H3. The van der Waals surface area contributed by atoms with E-state index in [9.17, 15) is 8.42 Å². The molecule has 0 amide bonds. The third-order valence-electron chi connectivity index (χ3n) is 6.12. The van der Waals surface area contributed by atoms with Crippen molar-refractivity contribution in [1.82, 2.24) is 14.3 Å². The Bertz CT molecular complexity index is 1190. The summed E-state index contributed by atoms with van der Waals surface area (Å²) in [5.74, 6) is 1.82. The molecule has 1 aliphatic heterocycles. The maximum absolute atomic E-state index is 12.5. The minimum absolute atomic E-state index is 0.205. The Balaban J connectivity index is 1.68. The minimum Gasteiger partial charge on any atom is -0.354 e. The molecule has 2 aromatic carbocycles. The van der Waals surface area contributed by atoms with Gasteiger partial charge in [-0.25, -0.2) is 18.4 Å². The lowest BCUT2D eigenvalue weighted by Gasteiger charge is -2.36. The molecule has 0 bridgehead atoms. The number of benzene rings is 2. The van der Waals surface area contributed by atoms with Gasteiger partial charge in [0.15, 0.2) is 5.82 Å². The zero-order valence-corrected chi connectivity index (χ0v) is 20.5. The number of rotatable bonds is 7. The highest BCUT2D eigenvalue weighted by atomic mass is 32.2. The van der Waals surface area contributed by atoms with Crippen LogP contribution in [0.3, 0.4) is 0 Å². The summed E-state index contributed by atoms with van der Waals surface area (Å²) < 4.78 is 26.7. The summed E-state index contributed by atoms with van der Waals surface area (Å²) in [4.78, 5) is 12.1. The molecule has 0 spiro atoms. The molecule has 1 fully saturated rings. The summed E-state index contributed by atoms with van der Waals surface area (Å²) in [6.07, 6.45) is 1.37. The second kappa shape index (κ2) is 10.0. The Morgan fingerprint density at radius 1 is 0.879 bits per heavy atom. The first-order valence-corrected chi connectivity index (χ1v) is 13.2. The number of sulfonamides is 1. The van der Waals surface area contributed by atoms with Crippen molar-refractivity contribution in [3.63, 3.8) is 0 Å². The van der Waals surface area contributed by atoms with E-state index in [1.54, 1.807) is 4.31 Å². The zero-order chi connectivity index (χ0) is 23.4. The number of anilines is 1. The van der Waals surface area contributed by atoms with Crippen LogP contribution >= 0.6 is 0 Å². The molecule has 6 nitrogen and oxygen atoms in total. The molecule has 0 N–H and O–H groups in total. The SMILES string of the molecule is CCCS(=O)(=O)N1CCN(c2nc(-c3ccccc3)nc(C)c2Cc2ccc(C)cc2)CC1. The smallest absolute Gasteiger partial charge is 0.214 e. The van der Waals surface area contributed by atoms with Crippen molar-refractivity contribution < 1.29 is 8.42 Å². The highest BCUT2D eigenvalue weighted by Gasteiger charge is 2.28. The Morgan fingerprint density at radius 2 is 1.55 bits per heavy atom. The van der Waals surface area contributed by atoms with Crippen molar-refractivity contribution in [2.75, 3.05) is 36.8 Å². The van der Waals surface area contributed by atoms with Crippen LogP contribution in [-0.4, -0.2) is 54.6 Å². The summed E-state index contributed by atoms with van der Waals surface area (Å²) >= 11 is 0. The van der Waals surface area contributed by atoms with Crippen LogP contribution in [-0.2, 0) is 16.4 Å². The molecule has 2 heterocycles. The summed E-state index contributed by atoms with van der Waals surface area (Å²) in [5.41, 5.74) is 5.48. The largest absolute Gasteiger partial charge is 0.354 e. The number of hydrogen-bond acceptors (Lipinski definition) is 5. The molecule has 1 aliphatic rings. The minimum atomic E-state index is -3.19. The quantitative estimate of drug-likeness (QED) is 0.524. The monoisotopic (exact) mass is 464 g/mol. The topological polar surface area (TPSA) is 66.4 Å². The Labute approximate surface area is 197 Å². The molecule has 33 heavy (non-hydrogen) atoms. The predicted octanol–water partition coefficient (Wildman–Crippen LogP) is 4.21. The van der Waals surface area contributed by atoms with Gasteiger partial charge >= 0.3 is 0 Å². The Morgan fingerprint density at radius 3 is 2.18 bits per heavy atom. The van der Waals surface area contributed by atoms with E-state index >= 15 is 0 Å². The van der Waals surface area contributed by atoms with E-state index < -0.39 is 10.0 Å². The number of nitrogens with zero attached hydrogens (tertiary/aromatic N) is 4. The van der Waals surface area contributed by atoms with Crippen molar-refractivity contribution in [2.45, 2.75) is 33.6 Å². The molecule has 3 aromatic rings. The highest BCUT2D eigenvalue weighted by Crippen LogP contribution is 2.28. The van der Waals surface area contributed by atoms with Crippen LogP contribution in [0.5, 0.6) is 0 Å². The second-order valence-corrected chi connectivity index (χ2v) is 10.8. The van der Waals surface area contributed by atoms with E-state index in [0.29, 0.717) is 38.4 Å². The predicted molar refractivity (Wildman–Crippen MR) is 134 cm³/mol. The van der Waals surface area contributed by atoms with Crippen LogP contribution in [0, 0.1) is 13.8 Å². The molecule has 7 heteroatoms. The zero-order valence-electron chi connectivity index (χ0n) is 19.7. The van der Waals surface area contributed by atoms with Crippen LogP contribution in [0.15, 0.2) is 54.6 Å². The molecule has 1 aromatic heterocycles. The van der Waals surface area contributed by atoms with Crippen molar-refractivity contribution in [3.05, 3.63) is 77.0 Å². The summed E-state index contributed by atoms with van der Waals surface area (Å²) in [6, 6.07) is 18.6. The summed E-state index contributed by atoms with van der Waals surface area (Å²) in [5, 5.41) is 0. The third-order valence-corrected chi connectivity index (χ3v) is 8.20. The maximum atomic E-state index is 12.5. The van der Waals surface area contributed by atoms with Gasteiger partial charge in [-0.05, 0) is 25.8 Å². The number of piperazine rings is 1. The first-order valence-electron chi connectivity index (χ1n) is 11.6. The van der Waals surface area contributed by atoms with Gasteiger partial charge in [0.25, 0.3) is 0 Å². The van der Waals surface area contributed by atoms with Gasteiger partial charge in [-0.2, -0.15) is 4.31 Å². The molecule has 0 unspecified atom stereocenters. The van der Waals surface area contributed by atoms with Crippen LogP contribution in [0.25, 0.3) is 11.4 Å². The fraction of sp³-hybridized carbons (Fsp3) is 0.385. The van der Waals surface area contributed by atoms with E-state index in [-0.39, 0.29) is 5.75 Å². The van der Waals surface area contributed by atoms with Gasteiger partial charge in [0.05, 0.1) is 5.75 Å². The molecule has 0 aliphatic carbocycles. The van der Waals surface area contributed by atoms with E-state index in [2.05, 4.69) is 36.1 Å². The molecule has 0 radical (unpaired) electrons.